The molecule has 0 aromatic heterocycles. The SMILES string of the molecule is CCOc1ccc(/C=C/C(=O)Nc2cccc(C(F)(F)F)c2)cc1. The molecular formula is C18H16F3NO2. The molecule has 2 aromatic carbocycles. The van der Waals surface area contributed by atoms with Gasteiger partial charge in [0.05, 0.1) is 12.2 Å². The van der Waals surface area contributed by atoms with Gasteiger partial charge in [0.1, 0.15) is 5.75 Å². The molecule has 0 aliphatic rings. The quantitative estimate of drug-likeness (QED) is 0.800. The van der Waals surface area contributed by atoms with E-state index in [1.165, 1.54) is 18.2 Å². The number of ether oxygens (including phenoxy) is 1. The van der Waals surface area contributed by atoms with Gasteiger partial charge in [0, 0.05) is 11.8 Å². The van der Waals surface area contributed by atoms with Crippen LogP contribution in [0.25, 0.3) is 6.08 Å². The van der Waals surface area contributed by atoms with Gasteiger partial charge in [-0.05, 0) is 48.9 Å². The second-order valence-corrected chi connectivity index (χ2v) is 4.90. The maximum atomic E-state index is 12.6. The Morgan fingerprint density at radius 1 is 1.17 bits per heavy atom. The molecule has 1 N–H and O–H groups in total. The molecule has 1 amide bonds. The minimum absolute atomic E-state index is 0.0890. The van der Waals surface area contributed by atoms with Crippen LogP contribution in [0.2, 0.25) is 0 Å². The highest BCUT2D eigenvalue weighted by atomic mass is 19.4. The Kier molecular flexibility index (Phi) is 5.63. The third kappa shape index (κ3) is 5.15. The molecule has 0 saturated heterocycles. The first kappa shape index (κ1) is 17.6. The molecular weight excluding hydrogens is 319 g/mol. The highest BCUT2D eigenvalue weighted by Crippen LogP contribution is 2.30. The minimum atomic E-state index is -4.45. The van der Waals surface area contributed by atoms with Crippen LogP contribution in [-0.4, -0.2) is 12.5 Å². The number of nitrogens with one attached hydrogen (secondary N) is 1. The Morgan fingerprint density at radius 3 is 2.50 bits per heavy atom. The fourth-order valence-corrected chi connectivity index (χ4v) is 1.97. The van der Waals surface area contributed by atoms with E-state index < -0.39 is 17.6 Å². The summed E-state index contributed by atoms with van der Waals surface area (Å²) in [6.07, 6.45) is -1.62. The normalized spacial score (nSPS) is 11.5. The van der Waals surface area contributed by atoms with E-state index in [0.29, 0.717) is 6.61 Å². The summed E-state index contributed by atoms with van der Waals surface area (Å²) < 4.78 is 43.2. The van der Waals surface area contributed by atoms with E-state index in [2.05, 4.69) is 5.32 Å². The molecule has 2 aromatic rings. The third-order valence-corrected chi connectivity index (χ3v) is 3.08. The van der Waals surface area contributed by atoms with Crippen molar-refractivity contribution in [2.24, 2.45) is 0 Å². The van der Waals surface area contributed by atoms with E-state index >= 15 is 0 Å². The van der Waals surface area contributed by atoms with Gasteiger partial charge in [-0.15, -0.1) is 0 Å². The summed E-state index contributed by atoms with van der Waals surface area (Å²) in [4.78, 5) is 11.8. The number of carbonyl (C=O) groups excluding carboxylic acids is 1. The fourth-order valence-electron chi connectivity index (χ4n) is 1.97. The Labute approximate surface area is 137 Å². The van der Waals surface area contributed by atoms with E-state index in [1.54, 1.807) is 30.3 Å². The Hall–Kier alpha value is -2.76. The lowest BCUT2D eigenvalue weighted by Crippen LogP contribution is -2.10. The van der Waals surface area contributed by atoms with Crippen molar-refractivity contribution < 1.29 is 22.7 Å². The molecule has 0 heterocycles. The van der Waals surface area contributed by atoms with Gasteiger partial charge >= 0.3 is 6.18 Å². The molecule has 0 saturated carbocycles. The first-order valence-corrected chi connectivity index (χ1v) is 7.27. The predicted molar refractivity (Wildman–Crippen MR) is 86.7 cm³/mol. The molecule has 0 aliphatic heterocycles. The summed E-state index contributed by atoms with van der Waals surface area (Å²) in [5.74, 6) is 0.214. The van der Waals surface area contributed by atoms with Crippen LogP contribution in [-0.2, 0) is 11.0 Å². The monoisotopic (exact) mass is 335 g/mol. The Balaban J connectivity index is 2.00. The third-order valence-electron chi connectivity index (χ3n) is 3.08. The molecule has 0 aliphatic carbocycles. The van der Waals surface area contributed by atoms with Gasteiger partial charge in [-0.3, -0.25) is 4.79 Å². The van der Waals surface area contributed by atoms with Gasteiger partial charge in [-0.2, -0.15) is 13.2 Å². The van der Waals surface area contributed by atoms with Crippen LogP contribution in [0.15, 0.2) is 54.6 Å². The van der Waals surface area contributed by atoms with Crippen molar-refractivity contribution in [3.8, 4) is 5.75 Å². The molecule has 2 rings (SSSR count). The summed E-state index contributed by atoms with van der Waals surface area (Å²) >= 11 is 0. The van der Waals surface area contributed by atoms with E-state index in [9.17, 15) is 18.0 Å². The highest BCUT2D eigenvalue weighted by Gasteiger charge is 2.30. The molecule has 0 spiro atoms. The molecule has 0 bridgehead atoms. The summed E-state index contributed by atoms with van der Waals surface area (Å²) in [7, 11) is 0. The largest absolute Gasteiger partial charge is 0.494 e. The van der Waals surface area contributed by atoms with Gasteiger partial charge in [0.25, 0.3) is 0 Å². The Morgan fingerprint density at radius 2 is 1.88 bits per heavy atom. The second kappa shape index (κ2) is 7.68. The number of rotatable bonds is 5. The summed E-state index contributed by atoms with van der Waals surface area (Å²) in [5.41, 5.74) is 0.0552. The topological polar surface area (TPSA) is 38.3 Å². The molecule has 126 valence electrons. The van der Waals surface area contributed by atoms with E-state index in [0.717, 1.165) is 23.4 Å². The zero-order chi connectivity index (χ0) is 17.6. The number of benzene rings is 2. The molecule has 6 heteroatoms. The molecule has 3 nitrogen and oxygen atoms in total. The Bertz CT molecular complexity index is 722. The van der Waals surface area contributed by atoms with Gasteiger partial charge in [0.2, 0.25) is 5.91 Å². The zero-order valence-electron chi connectivity index (χ0n) is 12.9. The zero-order valence-corrected chi connectivity index (χ0v) is 12.9. The summed E-state index contributed by atoms with van der Waals surface area (Å²) in [6.45, 7) is 2.44. The van der Waals surface area contributed by atoms with Gasteiger partial charge < -0.3 is 10.1 Å². The van der Waals surface area contributed by atoms with Crippen LogP contribution in [0.3, 0.4) is 0 Å². The molecule has 0 unspecified atom stereocenters. The van der Waals surface area contributed by atoms with Crippen molar-refractivity contribution in [1.29, 1.82) is 0 Å². The van der Waals surface area contributed by atoms with E-state index in [4.69, 9.17) is 4.74 Å². The van der Waals surface area contributed by atoms with Crippen LogP contribution in [0, 0.1) is 0 Å². The average Bonchev–Trinajstić information content (AvgIpc) is 2.54. The number of anilines is 1. The van der Waals surface area contributed by atoms with Crippen molar-refractivity contribution in [3.05, 3.63) is 65.7 Å². The van der Waals surface area contributed by atoms with E-state index in [1.807, 2.05) is 6.92 Å². The number of alkyl halides is 3. The predicted octanol–water partition coefficient (Wildman–Crippen LogP) is 4.76. The van der Waals surface area contributed by atoms with Gasteiger partial charge in [-0.1, -0.05) is 18.2 Å². The van der Waals surface area contributed by atoms with Crippen molar-refractivity contribution in [1.82, 2.24) is 0 Å². The number of carbonyl (C=O) groups is 1. The van der Waals surface area contributed by atoms with Gasteiger partial charge in [0.15, 0.2) is 0 Å². The fraction of sp³-hybridized carbons (Fsp3) is 0.167. The van der Waals surface area contributed by atoms with Crippen molar-refractivity contribution >= 4 is 17.7 Å². The summed E-state index contributed by atoms with van der Waals surface area (Å²) in [6, 6.07) is 11.6. The van der Waals surface area contributed by atoms with Gasteiger partial charge in [-0.25, -0.2) is 0 Å². The number of hydrogen-bond donors (Lipinski definition) is 1. The number of hydrogen-bond acceptors (Lipinski definition) is 2. The first-order valence-electron chi connectivity index (χ1n) is 7.27. The lowest BCUT2D eigenvalue weighted by Gasteiger charge is -2.08. The maximum absolute atomic E-state index is 12.6. The van der Waals surface area contributed by atoms with Crippen LogP contribution < -0.4 is 10.1 Å². The van der Waals surface area contributed by atoms with Crippen molar-refractivity contribution in [2.75, 3.05) is 11.9 Å². The van der Waals surface area contributed by atoms with Crippen LogP contribution in [0.1, 0.15) is 18.1 Å². The smallest absolute Gasteiger partial charge is 0.416 e. The van der Waals surface area contributed by atoms with E-state index in [-0.39, 0.29) is 5.69 Å². The van der Waals surface area contributed by atoms with Crippen molar-refractivity contribution in [3.63, 3.8) is 0 Å². The molecule has 0 fully saturated rings. The van der Waals surface area contributed by atoms with Crippen molar-refractivity contribution in [2.45, 2.75) is 13.1 Å². The average molecular weight is 335 g/mol. The molecule has 0 atom stereocenters. The number of halogens is 3. The first-order chi connectivity index (χ1) is 11.4. The molecule has 0 radical (unpaired) electrons. The molecule has 24 heavy (non-hydrogen) atoms. The number of amides is 1. The van der Waals surface area contributed by atoms with Crippen LogP contribution in [0.4, 0.5) is 18.9 Å². The summed E-state index contributed by atoms with van der Waals surface area (Å²) in [5, 5.41) is 2.41. The second-order valence-electron chi connectivity index (χ2n) is 4.90. The standard InChI is InChI=1S/C18H16F3NO2/c1-2-24-16-9-6-13(7-10-16)8-11-17(23)22-15-5-3-4-14(12-15)18(19,20)21/h3-12H,2H2,1H3,(H,22,23)/b11-8+. The minimum Gasteiger partial charge on any atom is -0.494 e. The van der Waals surface area contributed by atoms with Crippen LogP contribution >= 0.6 is 0 Å². The lowest BCUT2D eigenvalue weighted by atomic mass is 10.2. The van der Waals surface area contributed by atoms with Crippen LogP contribution in [0.5, 0.6) is 5.75 Å². The lowest BCUT2D eigenvalue weighted by molar-refractivity contribution is -0.137. The maximum Gasteiger partial charge on any atom is 0.416 e. The highest BCUT2D eigenvalue weighted by molar-refractivity contribution is 6.01.